The molecule has 1 amide bonds. The van der Waals surface area contributed by atoms with Crippen LogP contribution in [0.5, 0.6) is 0 Å². The van der Waals surface area contributed by atoms with Gasteiger partial charge in [0.1, 0.15) is 0 Å². The lowest BCUT2D eigenvalue weighted by Gasteiger charge is -2.34. The highest BCUT2D eigenvalue weighted by Gasteiger charge is 2.27. The first-order valence-corrected chi connectivity index (χ1v) is 7.83. The molecule has 0 N–H and O–H groups in total. The third-order valence-electron chi connectivity index (χ3n) is 4.55. The summed E-state index contributed by atoms with van der Waals surface area (Å²) in [4.78, 5) is 16.8. The lowest BCUT2D eigenvalue weighted by Crippen LogP contribution is -2.47. The Balaban J connectivity index is 1.88. The Labute approximate surface area is 117 Å². The average Bonchev–Trinajstić information content (AvgIpc) is 2.92. The fourth-order valence-electron chi connectivity index (χ4n) is 3.47. The highest BCUT2D eigenvalue weighted by Crippen LogP contribution is 2.24. The smallest absolute Gasteiger partial charge is 0.236 e. The van der Waals surface area contributed by atoms with Crippen LogP contribution in [-0.4, -0.2) is 47.9 Å². The van der Waals surface area contributed by atoms with Gasteiger partial charge in [0.15, 0.2) is 0 Å². The van der Waals surface area contributed by atoms with Crippen LogP contribution >= 0.6 is 0 Å². The Morgan fingerprint density at radius 2 is 2.05 bits per heavy atom. The number of hydrogen-bond acceptors (Lipinski definition) is 2. The molecule has 1 aliphatic carbocycles. The average molecular weight is 264 g/mol. The van der Waals surface area contributed by atoms with Gasteiger partial charge in [0.05, 0.1) is 6.54 Å². The standard InChI is InChI=1S/C16H28N2O/c1-3-10-17(15-8-4-5-9-15)13-16(19)18-11-6-7-14(2)12-18/h3,14-15H,1,4-13H2,2H3. The van der Waals surface area contributed by atoms with Gasteiger partial charge in [-0.05, 0) is 31.6 Å². The number of rotatable bonds is 5. The molecule has 1 unspecified atom stereocenters. The first-order valence-electron chi connectivity index (χ1n) is 7.83. The van der Waals surface area contributed by atoms with Crippen molar-refractivity contribution in [3.63, 3.8) is 0 Å². The molecule has 19 heavy (non-hydrogen) atoms. The summed E-state index contributed by atoms with van der Waals surface area (Å²) in [6.45, 7) is 9.42. The van der Waals surface area contributed by atoms with Gasteiger partial charge < -0.3 is 4.90 Å². The van der Waals surface area contributed by atoms with Crippen LogP contribution < -0.4 is 0 Å². The molecule has 1 saturated carbocycles. The van der Waals surface area contributed by atoms with E-state index in [0.29, 0.717) is 24.4 Å². The lowest BCUT2D eigenvalue weighted by molar-refractivity contribution is -0.134. The lowest BCUT2D eigenvalue weighted by atomic mass is 10.0. The van der Waals surface area contributed by atoms with Crippen molar-refractivity contribution in [3.05, 3.63) is 12.7 Å². The summed E-state index contributed by atoms with van der Waals surface area (Å²) in [5.74, 6) is 0.984. The number of amides is 1. The Bertz CT molecular complexity index is 310. The molecule has 0 aromatic rings. The molecular formula is C16H28N2O. The second kappa shape index (κ2) is 7.09. The van der Waals surface area contributed by atoms with Crippen molar-refractivity contribution >= 4 is 5.91 Å². The van der Waals surface area contributed by atoms with E-state index in [1.807, 2.05) is 6.08 Å². The molecule has 2 rings (SSSR count). The first kappa shape index (κ1) is 14.6. The van der Waals surface area contributed by atoms with Crippen LogP contribution in [0.1, 0.15) is 45.4 Å². The zero-order valence-corrected chi connectivity index (χ0v) is 12.3. The molecule has 1 heterocycles. The molecule has 0 bridgehead atoms. The topological polar surface area (TPSA) is 23.6 Å². The fourth-order valence-corrected chi connectivity index (χ4v) is 3.47. The van der Waals surface area contributed by atoms with Crippen molar-refractivity contribution in [1.29, 1.82) is 0 Å². The molecule has 1 aliphatic heterocycles. The van der Waals surface area contributed by atoms with Crippen LogP contribution in [0.4, 0.5) is 0 Å². The minimum absolute atomic E-state index is 0.320. The van der Waals surface area contributed by atoms with Crippen molar-refractivity contribution < 1.29 is 4.79 Å². The second-order valence-electron chi connectivity index (χ2n) is 6.24. The van der Waals surface area contributed by atoms with Crippen LogP contribution in [0.3, 0.4) is 0 Å². The summed E-state index contributed by atoms with van der Waals surface area (Å²) in [5.41, 5.74) is 0. The van der Waals surface area contributed by atoms with E-state index in [4.69, 9.17) is 0 Å². The highest BCUT2D eigenvalue weighted by molar-refractivity contribution is 5.78. The molecule has 1 saturated heterocycles. The van der Waals surface area contributed by atoms with E-state index in [1.54, 1.807) is 0 Å². The predicted molar refractivity (Wildman–Crippen MR) is 79.0 cm³/mol. The Morgan fingerprint density at radius 1 is 1.32 bits per heavy atom. The zero-order chi connectivity index (χ0) is 13.7. The molecule has 1 atom stereocenters. The fraction of sp³-hybridized carbons (Fsp3) is 0.812. The molecular weight excluding hydrogens is 236 g/mol. The summed E-state index contributed by atoms with van der Waals surface area (Å²) >= 11 is 0. The van der Waals surface area contributed by atoms with Crippen LogP contribution in [0.25, 0.3) is 0 Å². The van der Waals surface area contributed by atoms with Crippen molar-refractivity contribution in [2.75, 3.05) is 26.2 Å². The number of nitrogens with zero attached hydrogens (tertiary/aromatic N) is 2. The summed E-state index contributed by atoms with van der Waals surface area (Å²) in [5, 5.41) is 0. The van der Waals surface area contributed by atoms with Gasteiger partial charge in [-0.2, -0.15) is 0 Å². The largest absolute Gasteiger partial charge is 0.341 e. The maximum atomic E-state index is 12.4. The van der Waals surface area contributed by atoms with Gasteiger partial charge in [-0.25, -0.2) is 0 Å². The molecule has 0 aromatic heterocycles. The second-order valence-corrected chi connectivity index (χ2v) is 6.24. The molecule has 0 spiro atoms. The first-order chi connectivity index (χ1) is 9.20. The molecule has 3 heteroatoms. The Kier molecular flexibility index (Phi) is 5.44. The number of piperidine rings is 1. The highest BCUT2D eigenvalue weighted by atomic mass is 16.2. The van der Waals surface area contributed by atoms with Gasteiger partial charge in [0.25, 0.3) is 0 Å². The van der Waals surface area contributed by atoms with E-state index in [0.717, 1.165) is 26.1 Å². The zero-order valence-electron chi connectivity index (χ0n) is 12.3. The van der Waals surface area contributed by atoms with Crippen molar-refractivity contribution in [1.82, 2.24) is 9.80 Å². The van der Waals surface area contributed by atoms with Crippen LogP contribution in [0.15, 0.2) is 12.7 Å². The summed E-state index contributed by atoms with van der Waals surface area (Å²) in [6, 6.07) is 0.601. The monoisotopic (exact) mass is 264 g/mol. The van der Waals surface area contributed by atoms with Crippen molar-refractivity contribution in [2.45, 2.75) is 51.5 Å². The molecule has 0 aromatic carbocycles. The third kappa shape index (κ3) is 4.07. The normalized spacial score (nSPS) is 24.9. The summed E-state index contributed by atoms with van der Waals surface area (Å²) in [7, 11) is 0. The number of carbonyl (C=O) groups is 1. The molecule has 108 valence electrons. The van der Waals surface area contributed by atoms with Gasteiger partial charge in [-0.3, -0.25) is 9.69 Å². The molecule has 3 nitrogen and oxygen atoms in total. The van der Waals surface area contributed by atoms with Crippen LogP contribution in [-0.2, 0) is 4.79 Å². The SMILES string of the molecule is C=CCN(CC(=O)N1CCCC(C)C1)C1CCCC1. The molecule has 2 aliphatic rings. The number of carbonyl (C=O) groups excluding carboxylic acids is 1. The molecule has 0 radical (unpaired) electrons. The Morgan fingerprint density at radius 3 is 2.68 bits per heavy atom. The Hall–Kier alpha value is -0.830. The van der Waals surface area contributed by atoms with E-state index in [9.17, 15) is 4.79 Å². The quantitative estimate of drug-likeness (QED) is 0.713. The minimum Gasteiger partial charge on any atom is -0.341 e. The van der Waals surface area contributed by atoms with Crippen molar-refractivity contribution in [2.24, 2.45) is 5.92 Å². The number of likely N-dealkylation sites (tertiary alicyclic amines) is 1. The molecule has 2 fully saturated rings. The van der Waals surface area contributed by atoms with Gasteiger partial charge >= 0.3 is 0 Å². The van der Waals surface area contributed by atoms with Gasteiger partial charge in [0.2, 0.25) is 5.91 Å². The van der Waals surface area contributed by atoms with Crippen LogP contribution in [0, 0.1) is 5.92 Å². The van der Waals surface area contributed by atoms with Gasteiger partial charge in [-0.15, -0.1) is 6.58 Å². The van der Waals surface area contributed by atoms with E-state index < -0.39 is 0 Å². The van der Waals surface area contributed by atoms with Gasteiger partial charge in [0, 0.05) is 25.7 Å². The number of hydrogen-bond donors (Lipinski definition) is 0. The van der Waals surface area contributed by atoms with Crippen LogP contribution in [0.2, 0.25) is 0 Å². The van der Waals surface area contributed by atoms with E-state index in [-0.39, 0.29) is 0 Å². The summed E-state index contributed by atoms with van der Waals surface area (Å²) in [6.07, 6.45) is 9.49. The maximum Gasteiger partial charge on any atom is 0.236 e. The maximum absolute atomic E-state index is 12.4. The van der Waals surface area contributed by atoms with E-state index in [2.05, 4.69) is 23.3 Å². The van der Waals surface area contributed by atoms with Crippen molar-refractivity contribution in [3.8, 4) is 0 Å². The summed E-state index contributed by atoms with van der Waals surface area (Å²) < 4.78 is 0. The van der Waals surface area contributed by atoms with E-state index in [1.165, 1.54) is 32.1 Å². The van der Waals surface area contributed by atoms with E-state index >= 15 is 0 Å². The van der Waals surface area contributed by atoms with Gasteiger partial charge in [-0.1, -0.05) is 25.8 Å². The minimum atomic E-state index is 0.320. The third-order valence-corrected chi connectivity index (χ3v) is 4.55. The predicted octanol–water partition coefficient (Wildman–Crippen LogP) is 2.68.